The van der Waals surface area contributed by atoms with Gasteiger partial charge >= 0.3 is 0 Å². The van der Waals surface area contributed by atoms with Crippen molar-refractivity contribution >= 4 is 23.1 Å². The van der Waals surface area contributed by atoms with Crippen molar-refractivity contribution < 1.29 is 0 Å². The molecule has 0 aliphatic carbocycles. The van der Waals surface area contributed by atoms with Gasteiger partial charge in [0.25, 0.3) is 0 Å². The molecule has 0 fully saturated rings. The number of anilines is 4. The van der Waals surface area contributed by atoms with E-state index in [2.05, 4.69) is 58.7 Å². The maximum absolute atomic E-state index is 4.44. The Morgan fingerprint density at radius 2 is 1.52 bits per heavy atom. The summed E-state index contributed by atoms with van der Waals surface area (Å²) in [6, 6.07) is 14.3. The Morgan fingerprint density at radius 3 is 2.26 bits per heavy atom. The molecular weight excluding hydrogens is 286 g/mol. The van der Waals surface area contributed by atoms with Gasteiger partial charge in [0.2, 0.25) is 5.95 Å². The lowest BCUT2D eigenvalue weighted by Gasteiger charge is -2.09. The average molecular weight is 305 g/mol. The zero-order valence-corrected chi connectivity index (χ0v) is 13.5. The topological polar surface area (TPSA) is 62.7 Å². The Bertz CT molecular complexity index is 812. The molecule has 3 rings (SSSR count). The van der Waals surface area contributed by atoms with E-state index >= 15 is 0 Å². The van der Waals surface area contributed by atoms with Crippen LogP contribution in [0.5, 0.6) is 0 Å². The largest absolute Gasteiger partial charge is 0.339 e. The van der Waals surface area contributed by atoms with Crippen LogP contribution in [0.1, 0.15) is 16.7 Å². The van der Waals surface area contributed by atoms with Crippen molar-refractivity contribution in [1.82, 2.24) is 15.2 Å². The first-order chi connectivity index (χ1) is 11.1. The molecule has 0 saturated carbocycles. The van der Waals surface area contributed by atoms with Gasteiger partial charge in [-0.25, -0.2) is 0 Å². The first-order valence-electron chi connectivity index (χ1n) is 7.48. The second kappa shape index (κ2) is 6.44. The van der Waals surface area contributed by atoms with Gasteiger partial charge < -0.3 is 10.6 Å². The van der Waals surface area contributed by atoms with E-state index in [1.54, 1.807) is 6.20 Å². The predicted octanol–water partition coefficient (Wildman–Crippen LogP) is 4.28. The van der Waals surface area contributed by atoms with Crippen molar-refractivity contribution in [3.63, 3.8) is 0 Å². The molecule has 0 radical (unpaired) electrons. The van der Waals surface area contributed by atoms with E-state index in [0.717, 1.165) is 11.4 Å². The van der Waals surface area contributed by atoms with Gasteiger partial charge in [-0.3, -0.25) is 0 Å². The van der Waals surface area contributed by atoms with E-state index in [1.165, 1.54) is 16.7 Å². The van der Waals surface area contributed by atoms with Crippen molar-refractivity contribution in [2.75, 3.05) is 10.6 Å². The highest BCUT2D eigenvalue weighted by Gasteiger charge is 2.03. The highest BCUT2D eigenvalue weighted by Crippen LogP contribution is 2.19. The number of aromatic nitrogens is 3. The first-order valence-corrected chi connectivity index (χ1v) is 7.48. The fourth-order valence-corrected chi connectivity index (χ4v) is 2.15. The van der Waals surface area contributed by atoms with E-state index < -0.39 is 0 Å². The van der Waals surface area contributed by atoms with Gasteiger partial charge in [-0.1, -0.05) is 23.8 Å². The third-order valence-corrected chi connectivity index (χ3v) is 3.65. The number of benzene rings is 2. The molecule has 116 valence electrons. The molecule has 3 aromatic rings. The second-order valence-electron chi connectivity index (χ2n) is 5.58. The molecule has 1 heterocycles. The number of hydrogen-bond donors (Lipinski definition) is 2. The van der Waals surface area contributed by atoms with Gasteiger partial charge in [0, 0.05) is 11.4 Å². The van der Waals surface area contributed by atoms with Crippen LogP contribution in [0.15, 0.2) is 48.7 Å². The van der Waals surface area contributed by atoms with Crippen LogP contribution < -0.4 is 10.6 Å². The van der Waals surface area contributed by atoms with Crippen LogP contribution in [0, 0.1) is 20.8 Å². The minimum atomic E-state index is 0.463. The fraction of sp³-hybridized carbons (Fsp3) is 0.167. The molecule has 0 saturated heterocycles. The molecule has 1 aromatic heterocycles. The maximum atomic E-state index is 4.44. The number of aryl methyl sites for hydroxylation is 3. The quantitative estimate of drug-likeness (QED) is 0.753. The van der Waals surface area contributed by atoms with Crippen LogP contribution in [0.3, 0.4) is 0 Å². The van der Waals surface area contributed by atoms with Crippen molar-refractivity contribution in [2.45, 2.75) is 20.8 Å². The minimum absolute atomic E-state index is 0.463. The summed E-state index contributed by atoms with van der Waals surface area (Å²) in [6.45, 7) is 6.22. The number of nitrogens with zero attached hydrogens (tertiary/aromatic N) is 3. The summed E-state index contributed by atoms with van der Waals surface area (Å²) in [4.78, 5) is 4.44. The summed E-state index contributed by atoms with van der Waals surface area (Å²) in [7, 11) is 0. The van der Waals surface area contributed by atoms with Crippen LogP contribution in [0.25, 0.3) is 0 Å². The normalized spacial score (nSPS) is 10.4. The SMILES string of the molecule is Cc1ccc(Nc2cnnc(Nc3ccc(C)c(C)c3)n2)cc1. The summed E-state index contributed by atoms with van der Waals surface area (Å²) in [5.41, 5.74) is 5.60. The van der Waals surface area contributed by atoms with Crippen molar-refractivity contribution in [2.24, 2.45) is 0 Å². The Balaban J connectivity index is 1.76. The first kappa shape index (κ1) is 15.0. The minimum Gasteiger partial charge on any atom is -0.339 e. The average Bonchev–Trinajstić information content (AvgIpc) is 2.54. The maximum Gasteiger partial charge on any atom is 0.249 e. The molecule has 0 amide bonds. The monoisotopic (exact) mass is 305 g/mol. The van der Waals surface area contributed by atoms with E-state index in [4.69, 9.17) is 0 Å². The highest BCUT2D eigenvalue weighted by atomic mass is 15.3. The number of nitrogens with one attached hydrogen (secondary N) is 2. The zero-order chi connectivity index (χ0) is 16.2. The Labute approximate surface area is 135 Å². The van der Waals surface area contributed by atoms with Crippen LogP contribution in [-0.2, 0) is 0 Å². The van der Waals surface area contributed by atoms with Gasteiger partial charge in [-0.2, -0.15) is 10.1 Å². The van der Waals surface area contributed by atoms with Gasteiger partial charge in [-0.05, 0) is 56.2 Å². The van der Waals surface area contributed by atoms with Gasteiger partial charge in [0.1, 0.15) is 0 Å². The summed E-state index contributed by atoms with van der Waals surface area (Å²) in [5.74, 6) is 1.11. The van der Waals surface area contributed by atoms with E-state index in [-0.39, 0.29) is 0 Å². The zero-order valence-electron chi connectivity index (χ0n) is 13.5. The molecule has 0 aliphatic rings. The van der Waals surface area contributed by atoms with Crippen molar-refractivity contribution in [3.8, 4) is 0 Å². The lowest BCUT2D eigenvalue weighted by Crippen LogP contribution is -2.02. The molecular formula is C18H19N5. The lowest BCUT2D eigenvalue weighted by molar-refractivity contribution is 0.982. The Kier molecular flexibility index (Phi) is 4.19. The third-order valence-electron chi connectivity index (χ3n) is 3.65. The van der Waals surface area contributed by atoms with Gasteiger partial charge in [0.05, 0.1) is 6.20 Å². The summed E-state index contributed by atoms with van der Waals surface area (Å²) in [5, 5.41) is 14.4. The lowest BCUT2D eigenvalue weighted by atomic mass is 10.1. The van der Waals surface area contributed by atoms with E-state index in [1.807, 2.05) is 30.3 Å². The summed E-state index contributed by atoms with van der Waals surface area (Å²) in [6.07, 6.45) is 1.60. The third kappa shape index (κ3) is 3.83. The standard InChI is InChI=1S/C18H19N5/c1-12-4-7-15(8-5-12)20-17-11-19-23-18(22-17)21-16-9-6-13(2)14(3)10-16/h4-11H,1-3H3,(H2,20,21,22,23). The summed E-state index contributed by atoms with van der Waals surface area (Å²) >= 11 is 0. The molecule has 23 heavy (non-hydrogen) atoms. The Hall–Kier alpha value is -2.95. The van der Waals surface area contributed by atoms with E-state index in [0.29, 0.717) is 11.8 Å². The molecule has 0 spiro atoms. The molecule has 0 atom stereocenters. The van der Waals surface area contributed by atoms with Crippen LogP contribution in [-0.4, -0.2) is 15.2 Å². The van der Waals surface area contributed by atoms with Crippen LogP contribution in [0.4, 0.5) is 23.1 Å². The molecule has 2 aromatic carbocycles. The number of hydrogen-bond acceptors (Lipinski definition) is 5. The van der Waals surface area contributed by atoms with Gasteiger partial charge in [-0.15, -0.1) is 5.10 Å². The van der Waals surface area contributed by atoms with E-state index in [9.17, 15) is 0 Å². The molecule has 5 heteroatoms. The van der Waals surface area contributed by atoms with Crippen LogP contribution in [0.2, 0.25) is 0 Å². The number of rotatable bonds is 4. The smallest absolute Gasteiger partial charge is 0.249 e. The molecule has 0 unspecified atom stereocenters. The predicted molar refractivity (Wildman–Crippen MR) is 93.5 cm³/mol. The summed E-state index contributed by atoms with van der Waals surface area (Å²) < 4.78 is 0. The molecule has 0 aliphatic heterocycles. The molecule has 5 nitrogen and oxygen atoms in total. The van der Waals surface area contributed by atoms with Gasteiger partial charge in [0.15, 0.2) is 5.82 Å². The van der Waals surface area contributed by atoms with Crippen molar-refractivity contribution in [3.05, 3.63) is 65.4 Å². The van der Waals surface area contributed by atoms with Crippen molar-refractivity contribution in [1.29, 1.82) is 0 Å². The van der Waals surface area contributed by atoms with Crippen LogP contribution >= 0.6 is 0 Å². The second-order valence-corrected chi connectivity index (χ2v) is 5.58. The highest BCUT2D eigenvalue weighted by molar-refractivity contribution is 5.59. The Morgan fingerprint density at radius 1 is 0.783 bits per heavy atom. The fourth-order valence-electron chi connectivity index (χ4n) is 2.15. The molecule has 0 bridgehead atoms. The molecule has 2 N–H and O–H groups in total.